The van der Waals surface area contributed by atoms with E-state index in [1.54, 1.807) is 0 Å². The largest absolute Gasteiger partial charge is 0.358 e. The van der Waals surface area contributed by atoms with Crippen molar-refractivity contribution in [3.05, 3.63) is 17.8 Å². The van der Waals surface area contributed by atoms with Crippen molar-refractivity contribution in [1.29, 1.82) is 0 Å². The molecule has 0 aromatic rings. The van der Waals surface area contributed by atoms with Crippen LogP contribution in [0.25, 0.3) is 0 Å². The van der Waals surface area contributed by atoms with Gasteiger partial charge in [0.15, 0.2) is 0 Å². The van der Waals surface area contributed by atoms with Gasteiger partial charge in [0.25, 0.3) is 0 Å². The SMILES string of the molecule is C=C1CN2C(=C=O)CCC2C1CC. The number of carbonyl (C=O) groups excluding carboxylic acids is 1. The summed E-state index contributed by atoms with van der Waals surface area (Å²) >= 11 is 0. The highest BCUT2D eigenvalue weighted by molar-refractivity contribution is 5.53. The van der Waals surface area contributed by atoms with Gasteiger partial charge >= 0.3 is 0 Å². The van der Waals surface area contributed by atoms with Crippen LogP contribution in [0.4, 0.5) is 0 Å². The predicted octanol–water partition coefficient (Wildman–Crippen LogP) is 1.76. The summed E-state index contributed by atoms with van der Waals surface area (Å²) in [5.41, 5.74) is 2.15. The molecule has 2 atom stereocenters. The second kappa shape index (κ2) is 3.04. The Morgan fingerprint density at radius 2 is 2.46 bits per heavy atom. The van der Waals surface area contributed by atoms with Gasteiger partial charge in [-0.3, -0.25) is 0 Å². The van der Waals surface area contributed by atoms with Crippen LogP contribution in [-0.4, -0.2) is 23.4 Å². The first-order chi connectivity index (χ1) is 6.27. The highest BCUT2D eigenvalue weighted by atomic mass is 16.1. The molecule has 70 valence electrons. The maximum atomic E-state index is 10.6. The van der Waals surface area contributed by atoms with Gasteiger partial charge in [0.2, 0.25) is 0 Å². The molecule has 0 spiro atoms. The molecule has 2 heteroatoms. The first-order valence-corrected chi connectivity index (χ1v) is 4.96. The Labute approximate surface area is 78.9 Å². The molecule has 0 aromatic heterocycles. The quantitative estimate of drug-likeness (QED) is 0.449. The summed E-state index contributed by atoms with van der Waals surface area (Å²) in [5.74, 6) is 2.65. The Morgan fingerprint density at radius 1 is 1.69 bits per heavy atom. The number of hydrogen-bond acceptors (Lipinski definition) is 2. The van der Waals surface area contributed by atoms with Crippen molar-refractivity contribution in [3.63, 3.8) is 0 Å². The molecule has 2 saturated heterocycles. The Morgan fingerprint density at radius 3 is 3.08 bits per heavy atom. The third-order valence-electron chi connectivity index (χ3n) is 3.34. The highest BCUT2D eigenvalue weighted by Crippen LogP contribution is 2.41. The number of hydrogen-bond donors (Lipinski definition) is 0. The van der Waals surface area contributed by atoms with Crippen LogP contribution in [0.5, 0.6) is 0 Å². The first-order valence-electron chi connectivity index (χ1n) is 4.96. The van der Waals surface area contributed by atoms with Gasteiger partial charge in [0.05, 0.1) is 5.70 Å². The third-order valence-corrected chi connectivity index (χ3v) is 3.34. The molecule has 0 aromatic carbocycles. The third kappa shape index (κ3) is 1.13. The van der Waals surface area contributed by atoms with Gasteiger partial charge in [-0.15, -0.1) is 0 Å². The van der Waals surface area contributed by atoms with Gasteiger partial charge < -0.3 is 4.90 Å². The predicted molar refractivity (Wildman–Crippen MR) is 51.9 cm³/mol. The van der Waals surface area contributed by atoms with Crippen LogP contribution in [-0.2, 0) is 4.79 Å². The van der Waals surface area contributed by atoms with Crippen molar-refractivity contribution in [3.8, 4) is 0 Å². The van der Waals surface area contributed by atoms with E-state index in [4.69, 9.17) is 0 Å². The molecular formula is C11H15NO. The molecule has 0 bridgehead atoms. The topological polar surface area (TPSA) is 20.3 Å². The van der Waals surface area contributed by atoms with Crippen LogP contribution in [0.2, 0.25) is 0 Å². The van der Waals surface area contributed by atoms with Crippen LogP contribution in [0, 0.1) is 5.92 Å². The van der Waals surface area contributed by atoms with Crippen molar-refractivity contribution in [2.24, 2.45) is 5.92 Å². The van der Waals surface area contributed by atoms with E-state index in [1.807, 2.05) is 0 Å². The average molecular weight is 177 g/mol. The van der Waals surface area contributed by atoms with Crippen LogP contribution < -0.4 is 0 Å². The molecule has 0 radical (unpaired) electrons. The highest BCUT2D eigenvalue weighted by Gasteiger charge is 2.40. The molecule has 0 saturated carbocycles. The lowest BCUT2D eigenvalue weighted by Crippen LogP contribution is -2.24. The molecule has 2 aliphatic heterocycles. The normalized spacial score (nSPS) is 32.2. The van der Waals surface area contributed by atoms with Crippen LogP contribution in [0.1, 0.15) is 26.2 Å². The molecule has 0 amide bonds. The minimum atomic E-state index is 0.550. The Hall–Kier alpha value is -1.01. The molecular weight excluding hydrogens is 162 g/mol. The van der Waals surface area contributed by atoms with Gasteiger partial charge in [-0.25, -0.2) is 4.79 Å². The van der Waals surface area contributed by atoms with Crippen molar-refractivity contribution in [2.45, 2.75) is 32.2 Å². The van der Waals surface area contributed by atoms with E-state index in [0.29, 0.717) is 12.0 Å². The Bertz CT molecular complexity index is 288. The molecule has 2 unspecified atom stereocenters. The monoisotopic (exact) mass is 177 g/mol. The summed E-state index contributed by atoms with van der Waals surface area (Å²) in [5, 5.41) is 0. The number of fused-ring (bicyclic) bond motifs is 1. The summed E-state index contributed by atoms with van der Waals surface area (Å²) < 4.78 is 0. The smallest absolute Gasteiger partial charge is 0.145 e. The fourth-order valence-electron chi connectivity index (χ4n) is 2.69. The van der Waals surface area contributed by atoms with Crippen molar-refractivity contribution < 1.29 is 4.79 Å². The van der Waals surface area contributed by atoms with E-state index < -0.39 is 0 Å². The molecule has 2 rings (SSSR count). The Kier molecular flexibility index (Phi) is 2.01. The average Bonchev–Trinajstić information content (AvgIpc) is 2.62. The van der Waals surface area contributed by atoms with Crippen LogP contribution >= 0.6 is 0 Å². The van der Waals surface area contributed by atoms with Gasteiger partial charge in [-0.05, 0) is 12.8 Å². The van der Waals surface area contributed by atoms with E-state index in [1.165, 1.54) is 5.57 Å². The molecule has 13 heavy (non-hydrogen) atoms. The fraction of sp³-hybridized carbons (Fsp3) is 0.636. The van der Waals surface area contributed by atoms with Crippen molar-refractivity contribution >= 4 is 5.94 Å². The zero-order valence-corrected chi connectivity index (χ0v) is 8.05. The minimum absolute atomic E-state index is 0.550. The lowest BCUT2D eigenvalue weighted by atomic mass is 9.92. The minimum Gasteiger partial charge on any atom is -0.358 e. The van der Waals surface area contributed by atoms with Crippen molar-refractivity contribution in [1.82, 2.24) is 4.90 Å². The van der Waals surface area contributed by atoms with Gasteiger partial charge in [0.1, 0.15) is 5.94 Å². The summed E-state index contributed by atoms with van der Waals surface area (Å²) in [6, 6.07) is 0.550. The lowest BCUT2D eigenvalue weighted by Gasteiger charge is -2.19. The van der Waals surface area contributed by atoms with Crippen molar-refractivity contribution in [2.75, 3.05) is 6.54 Å². The number of allylic oxidation sites excluding steroid dienone is 1. The van der Waals surface area contributed by atoms with E-state index >= 15 is 0 Å². The molecule has 2 fully saturated rings. The number of rotatable bonds is 1. The maximum Gasteiger partial charge on any atom is 0.145 e. The van der Waals surface area contributed by atoms with E-state index in [-0.39, 0.29) is 0 Å². The fourth-order valence-corrected chi connectivity index (χ4v) is 2.69. The molecule has 2 heterocycles. The van der Waals surface area contributed by atoms with E-state index in [9.17, 15) is 4.79 Å². The Balaban J connectivity index is 2.26. The summed E-state index contributed by atoms with van der Waals surface area (Å²) in [6.45, 7) is 7.15. The lowest BCUT2D eigenvalue weighted by molar-refractivity contribution is 0.323. The maximum absolute atomic E-state index is 10.6. The standard InChI is InChI=1S/C11H15NO/c1-3-10-8(2)6-12-9(7-13)4-5-11(10)12/h10-11H,2-6H2,1H3. The summed E-state index contributed by atoms with van der Waals surface area (Å²) in [6.07, 6.45) is 3.17. The second-order valence-corrected chi connectivity index (χ2v) is 3.96. The van der Waals surface area contributed by atoms with Gasteiger partial charge in [-0.2, -0.15) is 0 Å². The number of nitrogens with zero attached hydrogens (tertiary/aromatic N) is 1. The zero-order chi connectivity index (χ0) is 9.42. The zero-order valence-electron chi connectivity index (χ0n) is 8.05. The van der Waals surface area contributed by atoms with E-state index in [0.717, 1.165) is 31.5 Å². The van der Waals surface area contributed by atoms with Gasteiger partial charge in [-0.1, -0.05) is 19.1 Å². The summed E-state index contributed by atoms with van der Waals surface area (Å²) in [4.78, 5) is 12.8. The molecule has 0 aliphatic carbocycles. The first kappa shape index (κ1) is 8.58. The second-order valence-electron chi connectivity index (χ2n) is 3.96. The summed E-state index contributed by atoms with van der Waals surface area (Å²) in [7, 11) is 0. The molecule has 2 nitrogen and oxygen atoms in total. The molecule has 0 N–H and O–H groups in total. The molecule has 2 aliphatic rings. The van der Waals surface area contributed by atoms with Crippen LogP contribution in [0.3, 0.4) is 0 Å². The van der Waals surface area contributed by atoms with Gasteiger partial charge in [0, 0.05) is 24.9 Å². The van der Waals surface area contributed by atoms with E-state index in [2.05, 4.69) is 24.3 Å². The van der Waals surface area contributed by atoms with Crippen LogP contribution in [0.15, 0.2) is 17.8 Å².